The molecule has 0 radical (unpaired) electrons. The van der Waals surface area contributed by atoms with Crippen molar-refractivity contribution < 1.29 is 5.11 Å². The van der Waals surface area contributed by atoms with Crippen molar-refractivity contribution in [2.24, 2.45) is 0 Å². The first-order valence-electron chi connectivity index (χ1n) is 4.87. The van der Waals surface area contributed by atoms with E-state index in [0.29, 0.717) is 0 Å². The molecule has 13 heavy (non-hydrogen) atoms. The molecule has 0 amide bonds. The van der Waals surface area contributed by atoms with Crippen molar-refractivity contribution in [2.45, 2.75) is 19.3 Å². The molecule has 0 unspecified atom stereocenters. The molecule has 1 heterocycles. The fraction of sp³-hybridized carbons (Fsp3) is 0.455. The third-order valence-electron chi connectivity index (χ3n) is 2.57. The van der Waals surface area contributed by atoms with Gasteiger partial charge in [0.2, 0.25) is 0 Å². The molecule has 1 aromatic carbocycles. The highest BCUT2D eigenvalue weighted by molar-refractivity contribution is 5.56. The van der Waals surface area contributed by atoms with E-state index < -0.39 is 0 Å². The van der Waals surface area contributed by atoms with E-state index in [1.54, 1.807) is 0 Å². The van der Waals surface area contributed by atoms with Crippen LogP contribution in [-0.4, -0.2) is 18.3 Å². The molecule has 1 aliphatic rings. The van der Waals surface area contributed by atoms with Gasteiger partial charge in [0.1, 0.15) is 0 Å². The van der Waals surface area contributed by atoms with E-state index in [-0.39, 0.29) is 6.61 Å². The van der Waals surface area contributed by atoms with Crippen LogP contribution in [0.5, 0.6) is 0 Å². The van der Waals surface area contributed by atoms with Crippen molar-refractivity contribution in [3.05, 3.63) is 29.3 Å². The van der Waals surface area contributed by atoms with E-state index in [1.165, 1.54) is 23.2 Å². The molecule has 0 aromatic heterocycles. The number of hydrogen-bond acceptors (Lipinski definition) is 2. The average molecular weight is 177 g/mol. The molecule has 0 saturated carbocycles. The maximum absolute atomic E-state index is 8.90. The van der Waals surface area contributed by atoms with Gasteiger partial charge in [-0.1, -0.05) is 12.1 Å². The van der Waals surface area contributed by atoms with Gasteiger partial charge >= 0.3 is 0 Å². The van der Waals surface area contributed by atoms with Crippen molar-refractivity contribution in [2.75, 3.05) is 18.5 Å². The summed E-state index contributed by atoms with van der Waals surface area (Å²) >= 11 is 0. The summed E-state index contributed by atoms with van der Waals surface area (Å²) in [5, 5.41) is 12.3. The van der Waals surface area contributed by atoms with Gasteiger partial charge in [-0.05, 0) is 36.5 Å². The lowest BCUT2D eigenvalue weighted by Gasteiger charge is -2.20. The number of nitrogens with one attached hydrogen (secondary N) is 1. The summed E-state index contributed by atoms with van der Waals surface area (Å²) in [4.78, 5) is 0. The van der Waals surface area contributed by atoms with Gasteiger partial charge in [0.25, 0.3) is 0 Å². The monoisotopic (exact) mass is 177 g/mol. The Hall–Kier alpha value is -1.02. The second-order valence-corrected chi connectivity index (χ2v) is 3.45. The molecular formula is C11H15NO. The molecule has 0 saturated heterocycles. The third kappa shape index (κ3) is 1.68. The first-order valence-corrected chi connectivity index (χ1v) is 4.87. The molecule has 2 N–H and O–H groups in total. The topological polar surface area (TPSA) is 32.3 Å². The highest BCUT2D eigenvalue weighted by Gasteiger charge is 2.11. The first-order chi connectivity index (χ1) is 6.42. The third-order valence-corrected chi connectivity index (χ3v) is 2.57. The van der Waals surface area contributed by atoms with Crippen molar-refractivity contribution >= 4 is 5.69 Å². The van der Waals surface area contributed by atoms with E-state index in [4.69, 9.17) is 5.11 Å². The Balaban J connectivity index is 2.34. The number of benzene rings is 1. The Morgan fingerprint density at radius 1 is 1.38 bits per heavy atom. The van der Waals surface area contributed by atoms with Gasteiger partial charge in [0.15, 0.2) is 0 Å². The van der Waals surface area contributed by atoms with Gasteiger partial charge in [0, 0.05) is 18.8 Å². The lowest BCUT2D eigenvalue weighted by molar-refractivity contribution is 0.299. The Morgan fingerprint density at radius 2 is 2.31 bits per heavy atom. The lowest BCUT2D eigenvalue weighted by atomic mass is 9.96. The van der Waals surface area contributed by atoms with Gasteiger partial charge in [0.05, 0.1) is 0 Å². The van der Waals surface area contributed by atoms with Gasteiger partial charge in [-0.15, -0.1) is 0 Å². The Morgan fingerprint density at radius 3 is 3.15 bits per heavy atom. The van der Waals surface area contributed by atoms with Gasteiger partial charge in [-0.2, -0.15) is 0 Å². The summed E-state index contributed by atoms with van der Waals surface area (Å²) in [7, 11) is 0. The van der Waals surface area contributed by atoms with Crippen molar-refractivity contribution in [1.29, 1.82) is 0 Å². The van der Waals surface area contributed by atoms with Crippen LogP contribution >= 0.6 is 0 Å². The molecule has 1 aromatic rings. The Kier molecular flexibility index (Phi) is 2.50. The molecule has 1 aliphatic heterocycles. The quantitative estimate of drug-likeness (QED) is 0.719. The first kappa shape index (κ1) is 8.57. The van der Waals surface area contributed by atoms with Crippen molar-refractivity contribution in [1.82, 2.24) is 0 Å². The van der Waals surface area contributed by atoms with E-state index in [0.717, 1.165) is 19.4 Å². The van der Waals surface area contributed by atoms with Gasteiger partial charge in [-0.3, -0.25) is 0 Å². The number of rotatable bonds is 2. The fourth-order valence-electron chi connectivity index (χ4n) is 1.94. The predicted molar refractivity (Wildman–Crippen MR) is 54.0 cm³/mol. The molecule has 0 spiro atoms. The molecular weight excluding hydrogens is 162 g/mol. The Labute approximate surface area is 78.6 Å². The van der Waals surface area contributed by atoms with Crippen LogP contribution in [0.4, 0.5) is 5.69 Å². The van der Waals surface area contributed by atoms with Crippen LogP contribution in [0.2, 0.25) is 0 Å². The summed E-state index contributed by atoms with van der Waals surface area (Å²) in [6, 6.07) is 6.29. The summed E-state index contributed by atoms with van der Waals surface area (Å²) in [5.41, 5.74) is 3.97. The summed E-state index contributed by atoms with van der Waals surface area (Å²) in [6.07, 6.45) is 3.14. The normalized spacial score (nSPS) is 14.8. The van der Waals surface area contributed by atoms with Gasteiger partial charge in [-0.25, -0.2) is 0 Å². The summed E-state index contributed by atoms with van der Waals surface area (Å²) < 4.78 is 0. The van der Waals surface area contributed by atoms with Crippen LogP contribution in [0.1, 0.15) is 17.5 Å². The van der Waals surface area contributed by atoms with E-state index in [9.17, 15) is 0 Å². The molecule has 0 atom stereocenters. The molecule has 2 heteroatoms. The summed E-state index contributed by atoms with van der Waals surface area (Å²) in [6.45, 7) is 1.33. The summed E-state index contributed by atoms with van der Waals surface area (Å²) in [5.74, 6) is 0. The second kappa shape index (κ2) is 3.79. The molecule has 0 fully saturated rings. The number of fused-ring (bicyclic) bond motifs is 1. The number of hydrogen-bond donors (Lipinski definition) is 2. The largest absolute Gasteiger partial charge is 0.396 e. The van der Waals surface area contributed by atoms with Crippen molar-refractivity contribution in [3.63, 3.8) is 0 Å². The highest BCUT2D eigenvalue weighted by Crippen LogP contribution is 2.25. The SMILES string of the molecule is OCCc1cccc2c1CCCN2. The lowest BCUT2D eigenvalue weighted by Crippen LogP contribution is -2.13. The van der Waals surface area contributed by atoms with Crippen molar-refractivity contribution in [3.8, 4) is 0 Å². The van der Waals surface area contributed by atoms with Crippen LogP contribution < -0.4 is 5.32 Å². The minimum Gasteiger partial charge on any atom is -0.396 e. The van der Waals surface area contributed by atoms with E-state index in [2.05, 4.69) is 23.5 Å². The smallest absolute Gasteiger partial charge is 0.0471 e. The zero-order valence-electron chi connectivity index (χ0n) is 7.71. The van der Waals surface area contributed by atoms with Gasteiger partial charge < -0.3 is 10.4 Å². The molecule has 0 bridgehead atoms. The van der Waals surface area contributed by atoms with Crippen LogP contribution in [-0.2, 0) is 12.8 Å². The highest BCUT2D eigenvalue weighted by atomic mass is 16.2. The molecule has 2 rings (SSSR count). The minimum absolute atomic E-state index is 0.246. The van der Waals surface area contributed by atoms with Crippen LogP contribution in [0.15, 0.2) is 18.2 Å². The molecule has 70 valence electrons. The molecule has 2 nitrogen and oxygen atoms in total. The maximum Gasteiger partial charge on any atom is 0.0471 e. The van der Waals surface area contributed by atoms with E-state index in [1.807, 2.05) is 0 Å². The van der Waals surface area contributed by atoms with E-state index >= 15 is 0 Å². The standard InChI is InChI=1S/C11H15NO/c13-8-6-9-3-1-5-11-10(9)4-2-7-12-11/h1,3,5,12-13H,2,4,6-8H2. The van der Waals surface area contributed by atoms with Crippen LogP contribution in [0.3, 0.4) is 0 Å². The average Bonchev–Trinajstić information content (AvgIpc) is 2.19. The Bertz CT molecular complexity index is 296. The zero-order valence-corrected chi connectivity index (χ0v) is 7.71. The number of aliphatic hydroxyl groups is 1. The molecule has 0 aliphatic carbocycles. The fourth-order valence-corrected chi connectivity index (χ4v) is 1.94. The minimum atomic E-state index is 0.246. The number of anilines is 1. The predicted octanol–water partition coefficient (Wildman–Crippen LogP) is 1.58. The second-order valence-electron chi connectivity index (χ2n) is 3.45. The zero-order chi connectivity index (χ0) is 9.10. The van der Waals surface area contributed by atoms with Crippen LogP contribution in [0.25, 0.3) is 0 Å². The maximum atomic E-state index is 8.90. The number of aliphatic hydroxyl groups excluding tert-OH is 1. The van der Waals surface area contributed by atoms with Crippen LogP contribution in [0, 0.1) is 0 Å².